The maximum atomic E-state index is 12.5. The number of nitriles is 1. The Morgan fingerprint density at radius 1 is 1.39 bits per heavy atom. The molecule has 2 unspecified atom stereocenters. The van der Waals surface area contributed by atoms with Crippen molar-refractivity contribution in [2.24, 2.45) is 0 Å². The molecule has 0 aliphatic carbocycles. The van der Waals surface area contributed by atoms with Crippen LogP contribution >= 0.6 is 22.6 Å². The van der Waals surface area contributed by atoms with Crippen LogP contribution < -0.4 is 10.3 Å². The van der Waals surface area contributed by atoms with E-state index in [9.17, 15) is 9.90 Å². The quantitative estimate of drug-likeness (QED) is 0.717. The maximum Gasteiger partial charge on any atom is 0.264 e. The van der Waals surface area contributed by atoms with Gasteiger partial charge in [-0.05, 0) is 66.8 Å². The maximum absolute atomic E-state index is 12.5. The number of aliphatic hydroxyl groups is 1. The molecule has 0 bridgehead atoms. The van der Waals surface area contributed by atoms with Crippen LogP contribution in [0.3, 0.4) is 0 Å². The van der Waals surface area contributed by atoms with Crippen molar-refractivity contribution in [3.63, 3.8) is 0 Å². The number of rotatable bonds is 1. The van der Waals surface area contributed by atoms with Gasteiger partial charge in [0.25, 0.3) is 5.56 Å². The van der Waals surface area contributed by atoms with Crippen molar-refractivity contribution in [2.45, 2.75) is 31.6 Å². The highest BCUT2D eigenvalue weighted by Gasteiger charge is 2.44. The van der Waals surface area contributed by atoms with Gasteiger partial charge in [-0.15, -0.1) is 0 Å². The summed E-state index contributed by atoms with van der Waals surface area (Å²) in [5, 5.41) is 19.9. The van der Waals surface area contributed by atoms with E-state index in [1.165, 1.54) is 4.57 Å². The molecule has 3 rings (SSSR count). The van der Waals surface area contributed by atoms with E-state index in [0.29, 0.717) is 20.4 Å². The number of hydrogen-bond acceptors (Lipinski definition) is 4. The smallest absolute Gasteiger partial charge is 0.264 e. The number of ether oxygens (including phenoxy) is 1. The Bertz CT molecular complexity index is 867. The van der Waals surface area contributed by atoms with E-state index in [4.69, 9.17) is 10.00 Å². The van der Waals surface area contributed by atoms with Crippen LogP contribution in [-0.4, -0.2) is 21.4 Å². The molecule has 1 aromatic carbocycles. The van der Waals surface area contributed by atoms with Crippen molar-refractivity contribution in [1.82, 2.24) is 4.57 Å². The van der Waals surface area contributed by atoms with E-state index in [1.54, 1.807) is 50.4 Å². The molecule has 2 atom stereocenters. The lowest BCUT2D eigenvalue weighted by atomic mass is 9.85. The third kappa shape index (κ3) is 2.64. The summed E-state index contributed by atoms with van der Waals surface area (Å²) in [6.45, 7) is 3.56. The molecular formula is C17H15IN2O3. The highest BCUT2D eigenvalue weighted by Crippen LogP contribution is 2.41. The topological polar surface area (TPSA) is 75.2 Å². The summed E-state index contributed by atoms with van der Waals surface area (Å²) in [6, 6.07) is 10.0. The lowest BCUT2D eigenvalue weighted by molar-refractivity contribution is -0.0643. The monoisotopic (exact) mass is 422 g/mol. The minimum Gasteiger partial charge on any atom is -0.485 e. The van der Waals surface area contributed by atoms with Crippen molar-refractivity contribution in [3.8, 4) is 11.8 Å². The molecule has 0 radical (unpaired) electrons. The lowest BCUT2D eigenvalue weighted by Gasteiger charge is -2.42. The highest BCUT2D eigenvalue weighted by atomic mass is 127. The van der Waals surface area contributed by atoms with Gasteiger partial charge in [0.15, 0.2) is 0 Å². The summed E-state index contributed by atoms with van der Waals surface area (Å²) in [5.74, 6) is 0.579. The number of aliphatic hydroxyl groups excluding tert-OH is 1. The van der Waals surface area contributed by atoms with Gasteiger partial charge >= 0.3 is 0 Å². The molecule has 0 saturated heterocycles. The van der Waals surface area contributed by atoms with Crippen LogP contribution in [0, 0.1) is 14.9 Å². The molecule has 1 N–H and O–H groups in total. The van der Waals surface area contributed by atoms with E-state index in [-0.39, 0.29) is 5.56 Å². The average molecular weight is 422 g/mol. The summed E-state index contributed by atoms with van der Waals surface area (Å²) in [6.07, 6.45) is 0.725. The predicted octanol–water partition coefficient (Wildman–Crippen LogP) is 2.45. The fourth-order valence-corrected chi connectivity index (χ4v) is 3.33. The van der Waals surface area contributed by atoms with E-state index in [2.05, 4.69) is 6.07 Å². The molecular weight excluding hydrogens is 407 g/mol. The molecule has 6 heteroatoms. The van der Waals surface area contributed by atoms with E-state index >= 15 is 0 Å². The molecule has 2 aromatic rings. The molecule has 23 heavy (non-hydrogen) atoms. The molecule has 118 valence electrons. The van der Waals surface area contributed by atoms with Crippen LogP contribution in [0.25, 0.3) is 0 Å². The van der Waals surface area contributed by atoms with Crippen LogP contribution in [0.1, 0.15) is 31.0 Å². The molecule has 1 aliphatic rings. The third-order valence-corrected chi connectivity index (χ3v) is 4.89. The van der Waals surface area contributed by atoms with Gasteiger partial charge < -0.3 is 14.4 Å². The Kier molecular flexibility index (Phi) is 3.94. The fraction of sp³-hybridized carbons (Fsp3) is 0.294. The van der Waals surface area contributed by atoms with Gasteiger partial charge in [-0.25, -0.2) is 0 Å². The molecule has 5 nitrogen and oxygen atoms in total. The summed E-state index contributed by atoms with van der Waals surface area (Å²) in [4.78, 5) is 12.5. The summed E-state index contributed by atoms with van der Waals surface area (Å²) in [7, 11) is 0. The van der Waals surface area contributed by atoms with Crippen LogP contribution in [0.5, 0.6) is 5.75 Å². The normalized spacial score (nSPS) is 21.9. The predicted molar refractivity (Wildman–Crippen MR) is 93.4 cm³/mol. The van der Waals surface area contributed by atoms with Crippen LogP contribution in [0.4, 0.5) is 0 Å². The number of fused-ring (bicyclic) bond motifs is 1. The standard InChI is InChI=1S/C17H15IN2O3/c1-17(2)15(21)14(20-7-3-4-12(18)16(20)22)11-8-10(9-19)5-6-13(11)23-17/h3-8,14-15,21H,1-2H3. The molecule has 0 spiro atoms. The lowest BCUT2D eigenvalue weighted by Crippen LogP contribution is -2.52. The largest absolute Gasteiger partial charge is 0.485 e. The minimum absolute atomic E-state index is 0.178. The zero-order valence-corrected chi connectivity index (χ0v) is 14.8. The van der Waals surface area contributed by atoms with Crippen LogP contribution in [0.2, 0.25) is 0 Å². The Morgan fingerprint density at radius 3 is 2.83 bits per heavy atom. The highest BCUT2D eigenvalue weighted by molar-refractivity contribution is 14.1. The van der Waals surface area contributed by atoms with Gasteiger partial charge in [-0.1, -0.05) is 0 Å². The van der Waals surface area contributed by atoms with Gasteiger partial charge in [0, 0.05) is 11.8 Å². The zero-order valence-electron chi connectivity index (χ0n) is 12.7. The molecule has 0 amide bonds. The van der Waals surface area contributed by atoms with Crippen molar-refractivity contribution in [1.29, 1.82) is 5.26 Å². The van der Waals surface area contributed by atoms with E-state index < -0.39 is 17.7 Å². The van der Waals surface area contributed by atoms with Gasteiger partial charge in [-0.2, -0.15) is 5.26 Å². The number of pyridine rings is 1. The zero-order chi connectivity index (χ0) is 16.8. The second-order valence-corrected chi connectivity index (χ2v) is 7.19. The Morgan fingerprint density at radius 2 is 2.13 bits per heavy atom. The second-order valence-electron chi connectivity index (χ2n) is 6.03. The van der Waals surface area contributed by atoms with Crippen LogP contribution in [0.15, 0.2) is 41.3 Å². The molecule has 2 heterocycles. The Balaban J connectivity index is 2.28. The molecule has 1 aromatic heterocycles. The minimum atomic E-state index is -0.931. The Hall–Kier alpha value is -1.85. The average Bonchev–Trinajstić information content (AvgIpc) is 2.51. The van der Waals surface area contributed by atoms with Crippen molar-refractivity contribution < 1.29 is 9.84 Å². The fourth-order valence-electron chi connectivity index (χ4n) is 2.84. The van der Waals surface area contributed by atoms with Gasteiger partial charge in [0.1, 0.15) is 17.5 Å². The van der Waals surface area contributed by atoms with Gasteiger partial charge in [-0.3, -0.25) is 4.79 Å². The number of halogens is 1. The first-order valence-electron chi connectivity index (χ1n) is 7.13. The summed E-state index contributed by atoms with van der Waals surface area (Å²) >= 11 is 1.98. The first kappa shape index (κ1) is 16.0. The molecule has 0 fully saturated rings. The first-order valence-corrected chi connectivity index (χ1v) is 8.21. The van der Waals surface area contributed by atoms with Crippen molar-refractivity contribution in [2.75, 3.05) is 0 Å². The molecule has 1 aliphatic heterocycles. The number of benzene rings is 1. The summed E-state index contributed by atoms with van der Waals surface area (Å²) in [5.41, 5.74) is 0.0677. The van der Waals surface area contributed by atoms with E-state index in [0.717, 1.165) is 0 Å². The van der Waals surface area contributed by atoms with Crippen molar-refractivity contribution >= 4 is 22.6 Å². The van der Waals surface area contributed by atoms with Crippen LogP contribution in [-0.2, 0) is 0 Å². The SMILES string of the molecule is CC1(C)Oc2ccc(C#N)cc2C(n2cccc(I)c2=O)C1O. The number of aromatic nitrogens is 1. The number of hydrogen-bond donors (Lipinski definition) is 1. The van der Waals surface area contributed by atoms with Gasteiger partial charge in [0.2, 0.25) is 0 Å². The Labute approximate surface area is 147 Å². The van der Waals surface area contributed by atoms with E-state index in [1.807, 2.05) is 22.6 Å². The third-order valence-electron chi connectivity index (χ3n) is 4.07. The molecule has 0 saturated carbocycles. The second kappa shape index (κ2) is 5.65. The van der Waals surface area contributed by atoms with Gasteiger partial charge in [0.05, 0.1) is 21.2 Å². The number of nitrogens with zero attached hydrogens (tertiary/aromatic N) is 2. The first-order chi connectivity index (χ1) is 10.8. The summed E-state index contributed by atoms with van der Waals surface area (Å²) < 4.78 is 7.96. The van der Waals surface area contributed by atoms with Crippen molar-refractivity contribution in [3.05, 3.63) is 61.6 Å².